The highest BCUT2D eigenvalue weighted by molar-refractivity contribution is 7.15. The monoisotopic (exact) mass is 481 g/mol. The Labute approximate surface area is 202 Å². The number of carbonyl (C=O) groups excluding carboxylic acids is 2. The van der Waals surface area contributed by atoms with Crippen LogP contribution in [0.25, 0.3) is 0 Å². The summed E-state index contributed by atoms with van der Waals surface area (Å²) in [5.74, 6) is -0.468. The van der Waals surface area contributed by atoms with Crippen molar-refractivity contribution in [2.75, 3.05) is 31.5 Å². The van der Waals surface area contributed by atoms with Crippen molar-refractivity contribution < 1.29 is 14.0 Å². The van der Waals surface area contributed by atoms with Crippen molar-refractivity contribution >= 4 is 28.8 Å². The van der Waals surface area contributed by atoms with Crippen molar-refractivity contribution in [3.05, 3.63) is 76.0 Å². The fourth-order valence-corrected chi connectivity index (χ4v) is 4.72. The molecule has 0 unspecified atom stereocenters. The molecular weight excluding hydrogens is 453 g/mol. The lowest BCUT2D eigenvalue weighted by Crippen LogP contribution is -2.36. The van der Waals surface area contributed by atoms with Crippen LogP contribution in [0, 0.1) is 11.7 Å². The Kier molecular flexibility index (Phi) is 8.32. The molecular formula is C25H28FN5O2S. The molecule has 0 aliphatic carbocycles. The van der Waals surface area contributed by atoms with E-state index >= 15 is 0 Å². The molecule has 9 heteroatoms. The van der Waals surface area contributed by atoms with E-state index in [2.05, 4.69) is 56.1 Å². The number of benzene rings is 2. The number of nitrogens with one attached hydrogen (secondary N) is 2. The number of rotatable bonds is 9. The topological polar surface area (TPSA) is 87.2 Å². The van der Waals surface area contributed by atoms with Gasteiger partial charge < -0.3 is 15.5 Å². The van der Waals surface area contributed by atoms with Crippen LogP contribution in [0.4, 0.5) is 10.1 Å². The van der Waals surface area contributed by atoms with E-state index in [1.54, 1.807) is 0 Å². The van der Waals surface area contributed by atoms with Gasteiger partial charge in [-0.25, -0.2) is 4.39 Å². The van der Waals surface area contributed by atoms with Gasteiger partial charge in [0.05, 0.1) is 0 Å². The van der Waals surface area contributed by atoms with Crippen LogP contribution in [0.5, 0.6) is 0 Å². The van der Waals surface area contributed by atoms with Crippen LogP contribution < -0.4 is 10.6 Å². The van der Waals surface area contributed by atoms with Crippen LogP contribution in [0.15, 0.2) is 54.6 Å². The van der Waals surface area contributed by atoms with Gasteiger partial charge in [-0.3, -0.25) is 9.59 Å². The van der Waals surface area contributed by atoms with Gasteiger partial charge in [0.15, 0.2) is 0 Å². The standard InChI is InChI=1S/C25H28FN5O2S/c26-20-7-9-21(10-8-20)28-23(33)25-30-29-24(34-25)22(32)27-13-4-14-31-15-11-19(12-16-31)17-18-5-2-1-3-6-18/h1-3,5-10,19H,4,11-17H2,(H,27,32)(H,28,33). The lowest BCUT2D eigenvalue weighted by molar-refractivity contribution is 0.0948. The first-order valence-corrected chi connectivity index (χ1v) is 12.3. The maximum absolute atomic E-state index is 13.0. The number of amides is 2. The van der Waals surface area contributed by atoms with E-state index < -0.39 is 5.91 Å². The molecule has 2 aromatic carbocycles. The third-order valence-electron chi connectivity index (χ3n) is 5.93. The average Bonchev–Trinajstić information content (AvgIpc) is 3.36. The number of nitrogens with zero attached hydrogens (tertiary/aromatic N) is 3. The minimum absolute atomic E-state index is 0.0767. The first-order chi connectivity index (χ1) is 16.6. The van der Waals surface area contributed by atoms with Crippen molar-refractivity contribution in [1.82, 2.24) is 20.4 Å². The molecule has 1 saturated heterocycles. The minimum Gasteiger partial charge on any atom is -0.350 e. The third kappa shape index (κ3) is 6.91. The van der Waals surface area contributed by atoms with E-state index in [-0.39, 0.29) is 21.7 Å². The zero-order valence-electron chi connectivity index (χ0n) is 18.9. The molecule has 0 saturated carbocycles. The SMILES string of the molecule is O=C(NCCCN1CCC(Cc2ccccc2)CC1)c1nnc(C(=O)Nc2ccc(F)cc2)s1. The number of likely N-dealkylation sites (tertiary alicyclic amines) is 1. The summed E-state index contributed by atoms with van der Waals surface area (Å²) in [4.78, 5) is 27.1. The molecule has 1 aliphatic heterocycles. The van der Waals surface area contributed by atoms with Crippen molar-refractivity contribution in [3.8, 4) is 0 Å². The summed E-state index contributed by atoms with van der Waals surface area (Å²) in [6.07, 6.45) is 4.41. The summed E-state index contributed by atoms with van der Waals surface area (Å²) in [6, 6.07) is 16.1. The predicted octanol–water partition coefficient (Wildman–Crippen LogP) is 4.00. The van der Waals surface area contributed by atoms with Crippen molar-refractivity contribution in [1.29, 1.82) is 0 Å². The van der Waals surface area contributed by atoms with Crippen molar-refractivity contribution in [3.63, 3.8) is 0 Å². The number of halogens is 1. The summed E-state index contributed by atoms with van der Waals surface area (Å²) in [6.45, 7) is 3.67. The Morgan fingerprint density at radius 2 is 1.65 bits per heavy atom. The van der Waals surface area contributed by atoms with Crippen molar-refractivity contribution in [2.24, 2.45) is 5.92 Å². The normalized spacial score (nSPS) is 14.6. The fraction of sp³-hybridized carbons (Fsp3) is 0.360. The van der Waals surface area contributed by atoms with Crippen LogP contribution in [0.2, 0.25) is 0 Å². The molecule has 0 radical (unpaired) electrons. The summed E-state index contributed by atoms with van der Waals surface area (Å²) in [7, 11) is 0. The molecule has 7 nitrogen and oxygen atoms in total. The molecule has 1 aromatic heterocycles. The molecule has 2 N–H and O–H groups in total. The third-order valence-corrected chi connectivity index (χ3v) is 6.85. The van der Waals surface area contributed by atoms with Gasteiger partial charge in [-0.2, -0.15) is 0 Å². The maximum Gasteiger partial charge on any atom is 0.286 e. The second-order valence-corrected chi connectivity index (χ2v) is 9.44. The van der Waals surface area contributed by atoms with E-state index in [1.165, 1.54) is 42.7 Å². The van der Waals surface area contributed by atoms with Gasteiger partial charge in [-0.05, 0) is 81.1 Å². The largest absolute Gasteiger partial charge is 0.350 e. The molecule has 0 atom stereocenters. The van der Waals surface area contributed by atoms with E-state index in [0.29, 0.717) is 12.2 Å². The molecule has 1 fully saturated rings. The van der Waals surface area contributed by atoms with Gasteiger partial charge in [-0.15, -0.1) is 10.2 Å². The number of carbonyl (C=O) groups is 2. The van der Waals surface area contributed by atoms with E-state index in [4.69, 9.17) is 0 Å². The molecule has 0 bridgehead atoms. The van der Waals surface area contributed by atoms with E-state index in [0.717, 1.165) is 49.7 Å². The molecule has 1 aliphatic rings. The van der Waals surface area contributed by atoms with Crippen molar-refractivity contribution in [2.45, 2.75) is 25.7 Å². The van der Waals surface area contributed by atoms with Gasteiger partial charge >= 0.3 is 0 Å². The Morgan fingerprint density at radius 3 is 2.35 bits per heavy atom. The quantitative estimate of drug-likeness (QED) is 0.451. The Balaban J connectivity index is 1.13. The van der Waals surface area contributed by atoms with E-state index in [9.17, 15) is 14.0 Å². The summed E-state index contributed by atoms with van der Waals surface area (Å²) in [5.41, 5.74) is 1.85. The van der Waals surface area contributed by atoms with Gasteiger partial charge in [0.25, 0.3) is 11.8 Å². The van der Waals surface area contributed by atoms with Crippen LogP contribution in [0.1, 0.15) is 44.4 Å². The van der Waals surface area contributed by atoms with Crippen LogP contribution in [0.3, 0.4) is 0 Å². The summed E-state index contributed by atoms with van der Waals surface area (Å²) in [5, 5.41) is 13.3. The van der Waals surface area contributed by atoms with Crippen LogP contribution >= 0.6 is 11.3 Å². The highest BCUT2D eigenvalue weighted by Gasteiger charge is 2.20. The Bertz CT molecular complexity index is 1080. The molecule has 4 rings (SSSR count). The molecule has 178 valence electrons. The van der Waals surface area contributed by atoms with Crippen LogP contribution in [-0.4, -0.2) is 53.1 Å². The second kappa shape index (κ2) is 11.8. The number of aromatic nitrogens is 2. The Morgan fingerprint density at radius 1 is 0.971 bits per heavy atom. The number of hydrogen-bond donors (Lipinski definition) is 2. The van der Waals surface area contributed by atoms with Gasteiger partial charge in [0.1, 0.15) is 5.82 Å². The molecule has 2 heterocycles. The smallest absolute Gasteiger partial charge is 0.286 e. The Hall–Kier alpha value is -3.17. The predicted molar refractivity (Wildman–Crippen MR) is 131 cm³/mol. The van der Waals surface area contributed by atoms with Gasteiger partial charge in [0, 0.05) is 12.2 Å². The summed E-state index contributed by atoms with van der Waals surface area (Å²) < 4.78 is 13.0. The zero-order chi connectivity index (χ0) is 23.8. The molecule has 0 spiro atoms. The summed E-state index contributed by atoms with van der Waals surface area (Å²) >= 11 is 0.928. The highest BCUT2D eigenvalue weighted by atomic mass is 32.1. The number of piperidine rings is 1. The lowest BCUT2D eigenvalue weighted by atomic mass is 9.90. The minimum atomic E-state index is -0.487. The molecule has 34 heavy (non-hydrogen) atoms. The average molecular weight is 482 g/mol. The second-order valence-electron chi connectivity index (χ2n) is 8.46. The fourth-order valence-electron chi connectivity index (χ4n) is 4.07. The van der Waals surface area contributed by atoms with Crippen LogP contribution in [-0.2, 0) is 6.42 Å². The van der Waals surface area contributed by atoms with E-state index in [1.807, 2.05) is 0 Å². The first kappa shape index (κ1) is 24.0. The molecule has 3 aromatic rings. The van der Waals surface area contributed by atoms with Gasteiger partial charge in [0.2, 0.25) is 10.0 Å². The zero-order valence-corrected chi connectivity index (χ0v) is 19.7. The van der Waals surface area contributed by atoms with Gasteiger partial charge in [-0.1, -0.05) is 41.7 Å². The highest BCUT2D eigenvalue weighted by Crippen LogP contribution is 2.21. The number of anilines is 1. The first-order valence-electron chi connectivity index (χ1n) is 11.5. The maximum atomic E-state index is 13.0. The lowest BCUT2D eigenvalue weighted by Gasteiger charge is -2.32. The number of hydrogen-bond acceptors (Lipinski definition) is 6. The molecule has 2 amide bonds.